The Balaban J connectivity index is 1.52. The molecule has 35 heavy (non-hydrogen) atoms. The molecule has 2 heterocycles. The molecule has 0 aliphatic carbocycles. The summed E-state index contributed by atoms with van der Waals surface area (Å²) in [6.45, 7) is 13.3. The molecule has 0 saturated heterocycles. The van der Waals surface area contributed by atoms with Gasteiger partial charge in [-0.15, -0.1) is 11.3 Å². The van der Waals surface area contributed by atoms with Crippen LogP contribution < -0.4 is 0 Å². The van der Waals surface area contributed by atoms with Gasteiger partial charge in [0, 0.05) is 22.4 Å². The van der Waals surface area contributed by atoms with Crippen LogP contribution in [0.1, 0.15) is 76.2 Å². The van der Waals surface area contributed by atoms with Gasteiger partial charge in [0.2, 0.25) is 0 Å². The molecule has 2 aromatic heterocycles. The predicted molar refractivity (Wildman–Crippen MR) is 149 cm³/mol. The molecule has 4 nitrogen and oxygen atoms in total. The van der Waals surface area contributed by atoms with Gasteiger partial charge in [-0.1, -0.05) is 88.4 Å². The second-order valence-corrected chi connectivity index (χ2v) is 11.5. The summed E-state index contributed by atoms with van der Waals surface area (Å²) >= 11 is 1.78. The van der Waals surface area contributed by atoms with Gasteiger partial charge in [0.25, 0.3) is 0 Å². The molecule has 0 radical (unpaired) electrons. The summed E-state index contributed by atoms with van der Waals surface area (Å²) in [5, 5.41) is 13.1. The molecule has 0 aliphatic rings. The van der Waals surface area contributed by atoms with Gasteiger partial charge in [-0.25, -0.2) is 4.98 Å². The van der Waals surface area contributed by atoms with E-state index in [0.717, 1.165) is 35.4 Å². The predicted octanol–water partition coefficient (Wildman–Crippen LogP) is 8.45. The molecule has 0 bridgehead atoms. The molecule has 5 heteroatoms. The van der Waals surface area contributed by atoms with Crippen LogP contribution >= 0.6 is 11.3 Å². The summed E-state index contributed by atoms with van der Waals surface area (Å²) in [4.78, 5) is 6.64. The van der Waals surface area contributed by atoms with Crippen molar-refractivity contribution in [3.8, 4) is 22.5 Å². The van der Waals surface area contributed by atoms with Crippen molar-refractivity contribution in [2.45, 2.75) is 66.3 Å². The summed E-state index contributed by atoms with van der Waals surface area (Å²) < 4.78 is 0. The molecule has 0 unspecified atom stereocenters. The van der Waals surface area contributed by atoms with Crippen molar-refractivity contribution in [2.75, 3.05) is 0 Å². The zero-order chi connectivity index (χ0) is 25.0. The van der Waals surface area contributed by atoms with Crippen LogP contribution in [0.15, 0.2) is 66.1 Å². The first kappa shape index (κ1) is 25.1. The molecule has 0 N–H and O–H groups in total. The number of thiazole rings is 1. The van der Waals surface area contributed by atoms with Crippen LogP contribution in [0, 0.1) is 5.41 Å². The maximum Gasteiger partial charge on any atom is 0.121 e. The highest BCUT2D eigenvalue weighted by molar-refractivity contribution is 7.09. The van der Waals surface area contributed by atoms with Crippen molar-refractivity contribution in [3.05, 3.63) is 82.3 Å². The van der Waals surface area contributed by atoms with Crippen LogP contribution in [0.4, 0.5) is 0 Å². The summed E-state index contributed by atoms with van der Waals surface area (Å²) in [6.07, 6.45) is 6.49. The molecule has 0 amide bonds. The molecule has 0 spiro atoms. The van der Waals surface area contributed by atoms with E-state index >= 15 is 0 Å². The molecule has 0 aliphatic heterocycles. The van der Waals surface area contributed by atoms with Crippen LogP contribution in [0.5, 0.6) is 0 Å². The number of nitrogens with zero attached hydrogens (tertiary/aromatic N) is 4. The quantitative estimate of drug-likeness (QED) is 0.239. The Kier molecular flexibility index (Phi) is 7.66. The normalized spacial score (nSPS) is 12.3. The first-order valence-corrected chi connectivity index (χ1v) is 13.3. The second kappa shape index (κ2) is 10.7. The highest BCUT2D eigenvalue weighted by Crippen LogP contribution is 2.32. The molecule has 182 valence electrons. The third kappa shape index (κ3) is 6.34. The minimum absolute atomic E-state index is 0.150. The van der Waals surface area contributed by atoms with Crippen molar-refractivity contribution in [1.82, 2.24) is 20.0 Å². The number of rotatable bonds is 9. The number of allylic oxidation sites excluding steroid dienone is 1. The van der Waals surface area contributed by atoms with E-state index in [9.17, 15) is 0 Å². The average molecular weight is 485 g/mol. The second-order valence-electron chi connectivity index (χ2n) is 10.6. The Morgan fingerprint density at radius 1 is 0.914 bits per heavy atom. The highest BCUT2D eigenvalue weighted by Gasteiger charge is 2.20. The average Bonchev–Trinajstić information content (AvgIpc) is 3.47. The maximum absolute atomic E-state index is 4.85. The van der Waals surface area contributed by atoms with Crippen LogP contribution in [0.2, 0.25) is 0 Å². The lowest BCUT2D eigenvalue weighted by Gasteiger charge is -2.21. The van der Waals surface area contributed by atoms with Gasteiger partial charge in [0.1, 0.15) is 11.4 Å². The number of aromatic nitrogens is 4. The van der Waals surface area contributed by atoms with Gasteiger partial charge in [-0.3, -0.25) is 0 Å². The minimum Gasteiger partial charge on any atom is -0.246 e. The van der Waals surface area contributed by atoms with Crippen molar-refractivity contribution < 1.29 is 0 Å². The van der Waals surface area contributed by atoms with Gasteiger partial charge in [-0.2, -0.15) is 15.0 Å². The SMILES string of the molecule is CC(C)c1nc(CC(C)(C)CC=Cc2cccc(-c3nn(C(C)C)nc3-c3ccccc3)c2)cs1. The van der Waals surface area contributed by atoms with Gasteiger partial charge < -0.3 is 0 Å². The zero-order valence-corrected chi connectivity index (χ0v) is 22.5. The summed E-state index contributed by atoms with van der Waals surface area (Å²) in [5.41, 5.74) is 6.54. The lowest BCUT2D eigenvalue weighted by atomic mass is 9.84. The lowest BCUT2D eigenvalue weighted by Crippen LogP contribution is -2.14. The Morgan fingerprint density at radius 2 is 1.60 bits per heavy atom. The van der Waals surface area contributed by atoms with E-state index < -0.39 is 0 Å². The summed E-state index contributed by atoms with van der Waals surface area (Å²) in [7, 11) is 0. The van der Waals surface area contributed by atoms with E-state index in [1.807, 2.05) is 23.0 Å². The monoisotopic (exact) mass is 484 g/mol. The third-order valence-corrected chi connectivity index (χ3v) is 7.20. The lowest BCUT2D eigenvalue weighted by molar-refractivity contribution is 0.365. The van der Waals surface area contributed by atoms with Crippen molar-refractivity contribution in [2.24, 2.45) is 5.41 Å². The van der Waals surface area contributed by atoms with Gasteiger partial charge in [0.05, 0.1) is 16.7 Å². The molecule has 2 aromatic carbocycles. The summed E-state index contributed by atoms with van der Waals surface area (Å²) in [5.74, 6) is 0.494. The van der Waals surface area contributed by atoms with Gasteiger partial charge in [-0.05, 0) is 43.7 Å². The molecule has 0 fully saturated rings. The maximum atomic E-state index is 4.85. The standard InChI is InChI=1S/C30H36N4S/c1-21(2)29-31-26(20-35-29)19-30(5,6)17-11-13-23-12-10-16-25(18-23)28-27(24-14-8-7-9-15-24)32-34(33-28)22(3)4/h7-16,18,20-22H,17,19H2,1-6H3. The molecule has 4 rings (SSSR count). The topological polar surface area (TPSA) is 43.6 Å². The van der Waals surface area contributed by atoms with E-state index in [4.69, 9.17) is 15.2 Å². The molecule has 4 aromatic rings. The fourth-order valence-corrected chi connectivity index (χ4v) is 4.91. The third-order valence-electron chi connectivity index (χ3n) is 6.00. The fraction of sp³-hybridized carbons (Fsp3) is 0.367. The Labute approximate surface area is 213 Å². The largest absolute Gasteiger partial charge is 0.246 e. The van der Waals surface area contributed by atoms with Crippen LogP contribution in [0.3, 0.4) is 0 Å². The van der Waals surface area contributed by atoms with E-state index in [2.05, 4.69) is 95.5 Å². The summed E-state index contributed by atoms with van der Waals surface area (Å²) in [6, 6.07) is 19.1. The first-order chi connectivity index (χ1) is 16.7. The zero-order valence-electron chi connectivity index (χ0n) is 21.7. The first-order valence-electron chi connectivity index (χ1n) is 12.5. The van der Waals surface area contributed by atoms with Crippen molar-refractivity contribution >= 4 is 17.4 Å². The number of benzene rings is 2. The van der Waals surface area contributed by atoms with Crippen molar-refractivity contribution in [1.29, 1.82) is 0 Å². The van der Waals surface area contributed by atoms with Crippen molar-refractivity contribution in [3.63, 3.8) is 0 Å². The molecule has 0 saturated carbocycles. The van der Waals surface area contributed by atoms with E-state index in [1.165, 1.54) is 16.3 Å². The van der Waals surface area contributed by atoms with Crippen LogP contribution in [-0.2, 0) is 6.42 Å². The molecular weight excluding hydrogens is 448 g/mol. The van der Waals surface area contributed by atoms with Crippen LogP contribution in [-0.4, -0.2) is 20.0 Å². The van der Waals surface area contributed by atoms with Crippen LogP contribution in [0.25, 0.3) is 28.6 Å². The molecule has 0 atom stereocenters. The number of hydrogen-bond donors (Lipinski definition) is 0. The smallest absolute Gasteiger partial charge is 0.121 e. The van der Waals surface area contributed by atoms with Gasteiger partial charge in [0.15, 0.2) is 0 Å². The Morgan fingerprint density at radius 3 is 2.26 bits per heavy atom. The minimum atomic E-state index is 0.150. The highest BCUT2D eigenvalue weighted by atomic mass is 32.1. The van der Waals surface area contributed by atoms with Gasteiger partial charge >= 0.3 is 0 Å². The molecular formula is C30H36N4S. The van der Waals surface area contributed by atoms with E-state index in [0.29, 0.717) is 5.92 Å². The Hall–Kier alpha value is -3.05. The van der Waals surface area contributed by atoms with E-state index in [1.54, 1.807) is 11.3 Å². The Bertz CT molecular complexity index is 1280. The fourth-order valence-electron chi connectivity index (χ4n) is 4.07. The van der Waals surface area contributed by atoms with E-state index in [-0.39, 0.29) is 11.5 Å². The number of hydrogen-bond acceptors (Lipinski definition) is 4.